The number of hydrogen-bond acceptors (Lipinski definition) is 4. The highest BCUT2D eigenvalue weighted by atomic mass is 79.9. The Morgan fingerprint density at radius 1 is 1.50 bits per heavy atom. The fraction of sp³-hybridized carbons (Fsp3) is 0.545. The minimum Gasteiger partial charge on any atom is -0.298 e. The Balaban J connectivity index is 2.39. The number of amides is 1. The van der Waals surface area contributed by atoms with Crippen molar-refractivity contribution in [2.24, 2.45) is 5.84 Å². The molecule has 0 atom stereocenters. The van der Waals surface area contributed by atoms with Crippen LogP contribution in [-0.2, 0) is 11.3 Å². The molecular formula is C11H17BrN4O2. The van der Waals surface area contributed by atoms with E-state index in [0.717, 1.165) is 19.3 Å². The van der Waals surface area contributed by atoms with Crippen molar-refractivity contribution in [1.82, 2.24) is 15.0 Å². The Morgan fingerprint density at radius 3 is 2.89 bits per heavy atom. The first-order chi connectivity index (χ1) is 8.56. The highest BCUT2D eigenvalue weighted by Crippen LogP contribution is 2.07. The second-order valence-electron chi connectivity index (χ2n) is 4.02. The third kappa shape index (κ3) is 4.23. The van der Waals surface area contributed by atoms with E-state index in [9.17, 15) is 9.59 Å². The first-order valence-corrected chi connectivity index (χ1v) is 6.56. The molecule has 0 unspecified atom stereocenters. The van der Waals surface area contributed by atoms with Crippen LogP contribution in [0.1, 0.15) is 31.4 Å². The van der Waals surface area contributed by atoms with Crippen LogP contribution in [0.5, 0.6) is 0 Å². The lowest BCUT2D eigenvalue weighted by Crippen LogP contribution is -2.29. The maximum absolute atomic E-state index is 11.8. The third-order valence-corrected chi connectivity index (χ3v) is 3.53. The molecule has 0 fully saturated rings. The van der Waals surface area contributed by atoms with E-state index in [1.165, 1.54) is 0 Å². The molecule has 0 radical (unpaired) electrons. The smallest absolute Gasteiger partial charge is 0.267 e. The average molecular weight is 317 g/mol. The molecule has 3 N–H and O–H groups in total. The molecule has 0 saturated carbocycles. The number of carbonyl (C=O) groups excluding carboxylic acids is 1. The summed E-state index contributed by atoms with van der Waals surface area (Å²) >= 11 is 3.22. The second kappa shape index (κ2) is 7.27. The molecular weight excluding hydrogens is 300 g/mol. The normalized spacial score (nSPS) is 10.4. The Bertz CT molecular complexity index is 473. The average Bonchev–Trinajstić information content (AvgIpc) is 2.37. The van der Waals surface area contributed by atoms with Crippen LogP contribution < -0.4 is 16.8 Å². The summed E-state index contributed by atoms with van der Waals surface area (Å²) in [5.41, 5.74) is 2.71. The van der Waals surface area contributed by atoms with Gasteiger partial charge < -0.3 is 0 Å². The number of hydrogen-bond donors (Lipinski definition) is 2. The van der Waals surface area contributed by atoms with Crippen molar-refractivity contribution in [3.63, 3.8) is 0 Å². The van der Waals surface area contributed by atoms with Gasteiger partial charge in [0.1, 0.15) is 4.47 Å². The van der Waals surface area contributed by atoms with Gasteiger partial charge in [-0.1, -0.05) is 6.42 Å². The predicted octanol–water partition coefficient (Wildman–Crippen LogP) is 0.865. The van der Waals surface area contributed by atoms with E-state index in [4.69, 9.17) is 5.84 Å². The lowest BCUT2D eigenvalue weighted by Gasteiger charge is -2.06. The fourth-order valence-electron chi connectivity index (χ4n) is 1.52. The van der Waals surface area contributed by atoms with Crippen LogP contribution in [-0.4, -0.2) is 15.5 Å². The Morgan fingerprint density at radius 2 is 2.22 bits per heavy atom. The van der Waals surface area contributed by atoms with Gasteiger partial charge in [-0.3, -0.25) is 19.6 Å². The highest BCUT2D eigenvalue weighted by molar-refractivity contribution is 9.10. The van der Waals surface area contributed by atoms with Gasteiger partial charge in [0.15, 0.2) is 0 Å². The number of aryl methyl sites for hydroxylation is 2. The van der Waals surface area contributed by atoms with Crippen LogP contribution in [0, 0.1) is 6.92 Å². The first kappa shape index (κ1) is 14.8. The molecule has 0 aliphatic rings. The van der Waals surface area contributed by atoms with Crippen LogP contribution in [0.25, 0.3) is 0 Å². The lowest BCUT2D eigenvalue weighted by atomic mass is 10.2. The van der Waals surface area contributed by atoms with E-state index in [0.29, 0.717) is 23.1 Å². The van der Waals surface area contributed by atoms with Gasteiger partial charge in [0.2, 0.25) is 5.91 Å². The van der Waals surface area contributed by atoms with Crippen LogP contribution >= 0.6 is 15.9 Å². The summed E-state index contributed by atoms with van der Waals surface area (Å²) in [5, 5.41) is 0. The van der Waals surface area contributed by atoms with Crippen molar-refractivity contribution >= 4 is 21.8 Å². The molecule has 0 bridgehead atoms. The fourth-order valence-corrected chi connectivity index (χ4v) is 1.85. The number of aromatic nitrogens is 2. The lowest BCUT2D eigenvalue weighted by molar-refractivity contribution is -0.121. The number of nitrogens with one attached hydrogen (secondary N) is 1. The minimum absolute atomic E-state index is 0.0674. The maximum Gasteiger partial charge on any atom is 0.267 e. The van der Waals surface area contributed by atoms with Crippen molar-refractivity contribution in [1.29, 1.82) is 0 Å². The molecule has 0 aliphatic carbocycles. The molecule has 0 saturated heterocycles. The van der Waals surface area contributed by atoms with Crippen molar-refractivity contribution in [2.45, 2.75) is 39.2 Å². The zero-order valence-corrected chi connectivity index (χ0v) is 11.9. The van der Waals surface area contributed by atoms with Gasteiger partial charge in [-0.2, -0.15) is 0 Å². The molecule has 1 aromatic rings. The number of nitrogens with zero attached hydrogens (tertiary/aromatic N) is 2. The predicted molar refractivity (Wildman–Crippen MR) is 71.7 cm³/mol. The van der Waals surface area contributed by atoms with E-state index in [2.05, 4.69) is 26.3 Å². The summed E-state index contributed by atoms with van der Waals surface area (Å²) in [6.07, 6.45) is 4.43. The number of carbonyl (C=O) groups is 1. The van der Waals surface area contributed by atoms with E-state index in [1.807, 2.05) is 0 Å². The number of halogens is 1. The summed E-state index contributed by atoms with van der Waals surface area (Å²) in [6.45, 7) is 2.39. The molecule has 1 rings (SSSR count). The Kier molecular flexibility index (Phi) is 6.00. The minimum atomic E-state index is -0.160. The summed E-state index contributed by atoms with van der Waals surface area (Å²) in [6, 6.07) is 0. The monoisotopic (exact) mass is 316 g/mol. The number of unbranched alkanes of at least 4 members (excludes halogenated alkanes) is 2. The first-order valence-electron chi connectivity index (χ1n) is 5.77. The van der Waals surface area contributed by atoms with Crippen molar-refractivity contribution in [3.8, 4) is 0 Å². The maximum atomic E-state index is 11.8. The van der Waals surface area contributed by atoms with E-state index in [-0.39, 0.29) is 11.5 Å². The van der Waals surface area contributed by atoms with Crippen molar-refractivity contribution in [2.75, 3.05) is 0 Å². The zero-order valence-electron chi connectivity index (χ0n) is 10.3. The van der Waals surface area contributed by atoms with Crippen LogP contribution in [0.15, 0.2) is 15.6 Å². The van der Waals surface area contributed by atoms with E-state index < -0.39 is 0 Å². The number of nitrogens with two attached hydrogens (primary N) is 1. The number of rotatable bonds is 6. The molecule has 1 heterocycles. The molecule has 0 aliphatic heterocycles. The summed E-state index contributed by atoms with van der Waals surface area (Å²) in [4.78, 5) is 26.8. The van der Waals surface area contributed by atoms with Gasteiger partial charge in [-0.05, 0) is 35.7 Å². The van der Waals surface area contributed by atoms with Crippen LogP contribution in [0.4, 0.5) is 0 Å². The molecule has 1 aromatic heterocycles. The quantitative estimate of drug-likeness (QED) is 0.352. The molecule has 18 heavy (non-hydrogen) atoms. The van der Waals surface area contributed by atoms with Gasteiger partial charge in [0, 0.05) is 13.0 Å². The van der Waals surface area contributed by atoms with E-state index >= 15 is 0 Å². The molecule has 1 amide bonds. The summed E-state index contributed by atoms with van der Waals surface area (Å²) in [5.74, 6) is 4.81. The van der Waals surface area contributed by atoms with Gasteiger partial charge in [0.05, 0.1) is 12.0 Å². The van der Waals surface area contributed by atoms with Crippen LogP contribution in [0.3, 0.4) is 0 Å². The number of hydrazine groups is 1. The SMILES string of the molecule is Cc1ncn(CCCCCC(=O)NN)c(=O)c1Br. The third-order valence-electron chi connectivity index (χ3n) is 2.62. The van der Waals surface area contributed by atoms with Crippen molar-refractivity contribution < 1.29 is 4.79 Å². The summed E-state index contributed by atoms with van der Waals surface area (Å²) < 4.78 is 2.08. The van der Waals surface area contributed by atoms with E-state index in [1.54, 1.807) is 17.8 Å². The Hall–Kier alpha value is -1.21. The van der Waals surface area contributed by atoms with Crippen LogP contribution in [0.2, 0.25) is 0 Å². The molecule has 7 heteroatoms. The van der Waals surface area contributed by atoms with Gasteiger partial charge >= 0.3 is 0 Å². The standard InChI is InChI=1S/C11H17BrN4O2/c1-8-10(12)11(18)16(7-14-8)6-4-2-3-5-9(17)15-13/h7H,2-6,13H2,1H3,(H,15,17). The second-order valence-corrected chi connectivity index (χ2v) is 4.81. The van der Waals surface area contributed by atoms with Gasteiger partial charge in [0.25, 0.3) is 5.56 Å². The molecule has 6 nitrogen and oxygen atoms in total. The zero-order chi connectivity index (χ0) is 13.5. The molecule has 0 spiro atoms. The molecule has 100 valence electrons. The van der Waals surface area contributed by atoms with Gasteiger partial charge in [-0.15, -0.1) is 0 Å². The van der Waals surface area contributed by atoms with Gasteiger partial charge in [-0.25, -0.2) is 10.8 Å². The largest absolute Gasteiger partial charge is 0.298 e. The Labute approximate surface area is 114 Å². The summed E-state index contributed by atoms with van der Waals surface area (Å²) in [7, 11) is 0. The topological polar surface area (TPSA) is 90.0 Å². The molecule has 0 aromatic carbocycles. The van der Waals surface area contributed by atoms with Crippen molar-refractivity contribution in [3.05, 3.63) is 26.8 Å². The highest BCUT2D eigenvalue weighted by Gasteiger charge is 2.05.